The van der Waals surface area contributed by atoms with Crippen molar-refractivity contribution in [1.29, 1.82) is 0 Å². The Balaban J connectivity index is 2.84. The van der Waals surface area contributed by atoms with Gasteiger partial charge in [-0.1, -0.05) is 12.2 Å². The van der Waals surface area contributed by atoms with Gasteiger partial charge in [-0.2, -0.15) is 10.2 Å². The summed E-state index contributed by atoms with van der Waals surface area (Å²) >= 11 is 0. The van der Waals surface area contributed by atoms with Gasteiger partial charge >= 0.3 is 0 Å². The Morgan fingerprint density at radius 2 is 2.11 bits per heavy atom. The van der Waals surface area contributed by atoms with Gasteiger partial charge in [0.15, 0.2) is 0 Å². The molecule has 48 valence electrons. The highest BCUT2D eigenvalue weighted by Crippen LogP contribution is 2.18. The Hall–Kier alpha value is -0.920. The Kier molecular flexibility index (Phi) is 1.78. The number of allylic oxidation sites excluding steroid dienone is 2. The van der Waals surface area contributed by atoms with E-state index in [1.54, 1.807) is 0 Å². The fourth-order valence-electron chi connectivity index (χ4n) is 0.815. The molecule has 0 bridgehead atoms. The summed E-state index contributed by atoms with van der Waals surface area (Å²) in [7, 11) is 0. The summed E-state index contributed by atoms with van der Waals surface area (Å²) in [4.78, 5) is 0. The van der Waals surface area contributed by atoms with Gasteiger partial charge in [0.05, 0.1) is 12.2 Å². The van der Waals surface area contributed by atoms with Crippen molar-refractivity contribution in [2.24, 2.45) is 10.2 Å². The van der Waals surface area contributed by atoms with E-state index in [0.717, 1.165) is 12.2 Å². The average Bonchev–Trinajstić information content (AvgIpc) is 2.33. The van der Waals surface area contributed by atoms with E-state index in [0.29, 0.717) is 0 Å². The van der Waals surface area contributed by atoms with Gasteiger partial charge in [-0.25, -0.2) is 0 Å². The quantitative estimate of drug-likeness (QED) is 0.471. The number of nitrogens with zero attached hydrogens (tertiary/aromatic N) is 2. The van der Waals surface area contributed by atoms with Crippen LogP contribution in [0.4, 0.5) is 0 Å². The van der Waals surface area contributed by atoms with Crippen molar-refractivity contribution in [2.75, 3.05) is 6.54 Å². The van der Waals surface area contributed by atoms with Crippen molar-refractivity contribution >= 4 is 0 Å². The van der Waals surface area contributed by atoms with E-state index < -0.39 is 0 Å². The molecule has 0 N–H and O–H groups in total. The van der Waals surface area contributed by atoms with Gasteiger partial charge in [-0.05, 0) is 19.4 Å². The first kappa shape index (κ1) is 6.20. The summed E-state index contributed by atoms with van der Waals surface area (Å²) in [6.45, 7) is 4.74. The third-order valence-electron chi connectivity index (χ3n) is 1.37. The molecule has 1 aliphatic heterocycles. The first-order valence-electron chi connectivity index (χ1n) is 3.08. The SMILES string of the molecule is C/C=C1/CN=N/C1=C/C. The monoisotopic (exact) mass is 122 g/mol. The van der Waals surface area contributed by atoms with E-state index in [2.05, 4.69) is 16.3 Å². The lowest BCUT2D eigenvalue weighted by Crippen LogP contribution is -1.80. The van der Waals surface area contributed by atoms with Gasteiger partial charge in [-0.3, -0.25) is 0 Å². The van der Waals surface area contributed by atoms with Crippen LogP contribution in [0.5, 0.6) is 0 Å². The molecule has 0 amide bonds. The van der Waals surface area contributed by atoms with Gasteiger partial charge in [0, 0.05) is 0 Å². The number of azo groups is 1. The van der Waals surface area contributed by atoms with Crippen molar-refractivity contribution in [2.45, 2.75) is 13.8 Å². The van der Waals surface area contributed by atoms with Gasteiger partial charge in [0.1, 0.15) is 0 Å². The van der Waals surface area contributed by atoms with Crippen LogP contribution in [0.25, 0.3) is 0 Å². The number of hydrogen-bond donors (Lipinski definition) is 0. The fraction of sp³-hybridized carbons (Fsp3) is 0.429. The third-order valence-corrected chi connectivity index (χ3v) is 1.37. The van der Waals surface area contributed by atoms with Crippen molar-refractivity contribution in [3.63, 3.8) is 0 Å². The van der Waals surface area contributed by atoms with Crippen LogP contribution in [-0.4, -0.2) is 6.54 Å². The van der Waals surface area contributed by atoms with Crippen LogP contribution in [0.1, 0.15) is 13.8 Å². The van der Waals surface area contributed by atoms with Crippen LogP contribution >= 0.6 is 0 Å². The summed E-state index contributed by atoms with van der Waals surface area (Å²) in [6.07, 6.45) is 4.03. The highest BCUT2D eigenvalue weighted by atomic mass is 15.1. The molecular weight excluding hydrogens is 112 g/mol. The Bertz CT molecular complexity index is 187. The van der Waals surface area contributed by atoms with Gasteiger partial charge in [0.2, 0.25) is 0 Å². The largest absolute Gasteiger partial charge is 0.184 e. The summed E-state index contributed by atoms with van der Waals surface area (Å²) in [5.74, 6) is 0. The Labute approximate surface area is 55.0 Å². The molecule has 0 unspecified atom stereocenters. The van der Waals surface area contributed by atoms with E-state index in [1.807, 2.05) is 19.9 Å². The molecule has 0 aromatic rings. The number of rotatable bonds is 0. The molecule has 9 heavy (non-hydrogen) atoms. The molecule has 0 fully saturated rings. The first-order chi connectivity index (χ1) is 4.38. The molecule has 2 nitrogen and oxygen atoms in total. The maximum Gasteiger partial charge on any atom is 0.0871 e. The molecule has 0 saturated heterocycles. The molecule has 1 rings (SSSR count). The highest BCUT2D eigenvalue weighted by molar-refractivity contribution is 5.32. The van der Waals surface area contributed by atoms with Crippen LogP contribution in [0.15, 0.2) is 33.7 Å². The summed E-state index contributed by atoms with van der Waals surface area (Å²) in [6, 6.07) is 0. The lowest BCUT2D eigenvalue weighted by Gasteiger charge is -1.89. The lowest BCUT2D eigenvalue weighted by atomic mass is 10.2. The van der Waals surface area contributed by atoms with Crippen molar-refractivity contribution < 1.29 is 0 Å². The van der Waals surface area contributed by atoms with Gasteiger partial charge < -0.3 is 0 Å². The van der Waals surface area contributed by atoms with E-state index in [1.165, 1.54) is 5.57 Å². The third kappa shape index (κ3) is 1.07. The van der Waals surface area contributed by atoms with Gasteiger partial charge in [-0.15, -0.1) is 0 Å². The Morgan fingerprint density at radius 1 is 1.33 bits per heavy atom. The predicted octanol–water partition coefficient (Wildman–Crippen LogP) is 2.30. The second kappa shape index (κ2) is 2.58. The van der Waals surface area contributed by atoms with Crippen molar-refractivity contribution in [3.8, 4) is 0 Å². The predicted molar refractivity (Wildman–Crippen MR) is 37.2 cm³/mol. The summed E-state index contributed by atoms with van der Waals surface area (Å²) in [5.41, 5.74) is 2.26. The topological polar surface area (TPSA) is 24.7 Å². The normalized spacial score (nSPS) is 26.4. The second-order valence-electron chi connectivity index (χ2n) is 1.89. The summed E-state index contributed by atoms with van der Waals surface area (Å²) < 4.78 is 0. The molecule has 0 radical (unpaired) electrons. The first-order valence-corrected chi connectivity index (χ1v) is 3.08. The molecule has 1 heterocycles. The zero-order valence-corrected chi connectivity index (χ0v) is 5.76. The van der Waals surface area contributed by atoms with E-state index in [-0.39, 0.29) is 0 Å². The maximum absolute atomic E-state index is 3.92. The van der Waals surface area contributed by atoms with Crippen LogP contribution < -0.4 is 0 Å². The standard InChI is InChI=1S/C7H10N2/c1-3-6-5-8-9-7(6)4-2/h3-4H,5H2,1-2H3/b6-3-,7-4+. The van der Waals surface area contributed by atoms with Crippen LogP contribution in [0.2, 0.25) is 0 Å². The number of hydrogen-bond acceptors (Lipinski definition) is 2. The van der Waals surface area contributed by atoms with Gasteiger partial charge in [0.25, 0.3) is 0 Å². The Morgan fingerprint density at radius 3 is 2.56 bits per heavy atom. The minimum absolute atomic E-state index is 0.760. The molecule has 0 spiro atoms. The minimum Gasteiger partial charge on any atom is -0.184 e. The van der Waals surface area contributed by atoms with E-state index >= 15 is 0 Å². The zero-order valence-electron chi connectivity index (χ0n) is 5.76. The van der Waals surface area contributed by atoms with E-state index in [4.69, 9.17) is 0 Å². The van der Waals surface area contributed by atoms with E-state index in [9.17, 15) is 0 Å². The highest BCUT2D eigenvalue weighted by Gasteiger charge is 2.06. The smallest absolute Gasteiger partial charge is 0.0871 e. The molecule has 0 aliphatic carbocycles. The molecule has 0 saturated carbocycles. The molecule has 0 aromatic heterocycles. The maximum atomic E-state index is 3.92. The van der Waals surface area contributed by atoms with Crippen LogP contribution in [0.3, 0.4) is 0 Å². The molecule has 2 heteroatoms. The molecule has 0 aromatic carbocycles. The molecule has 1 aliphatic rings. The van der Waals surface area contributed by atoms with Crippen LogP contribution in [0, 0.1) is 0 Å². The fourth-order valence-corrected chi connectivity index (χ4v) is 0.815. The van der Waals surface area contributed by atoms with Crippen LogP contribution in [-0.2, 0) is 0 Å². The zero-order chi connectivity index (χ0) is 6.69. The second-order valence-corrected chi connectivity index (χ2v) is 1.89. The molecular formula is C7H10N2. The summed E-state index contributed by atoms with van der Waals surface area (Å²) in [5, 5.41) is 7.80. The lowest BCUT2D eigenvalue weighted by molar-refractivity contribution is 1.14. The average molecular weight is 122 g/mol. The van der Waals surface area contributed by atoms with Crippen molar-refractivity contribution in [3.05, 3.63) is 23.4 Å². The molecule has 0 atom stereocenters. The van der Waals surface area contributed by atoms with Crippen molar-refractivity contribution in [1.82, 2.24) is 0 Å². The minimum atomic E-state index is 0.760.